The third-order valence-electron chi connectivity index (χ3n) is 3.19. The maximum absolute atomic E-state index is 11.8. The zero-order valence-corrected chi connectivity index (χ0v) is 13.8. The number of halogens is 1. The maximum Gasteiger partial charge on any atom is 0.319 e. The van der Waals surface area contributed by atoms with Crippen LogP contribution in [0.5, 0.6) is 0 Å². The second-order valence-corrected chi connectivity index (χ2v) is 5.71. The zero-order valence-electron chi connectivity index (χ0n) is 12.2. The molecule has 4 nitrogen and oxygen atoms in total. The summed E-state index contributed by atoms with van der Waals surface area (Å²) in [5.74, 6) is 0.00411. The number of benzene rings is 2. The van der Waals surface area contributed by atoms with E-state index in [4.69, 9.17) is 0 Å². The molecule has 2 aromatic carbocycles. The third kappa shape index (κ3) is 4.70. The van der Waals surface area contributed by atoms with Crippen LogP contribution in [-0.2, 0) is 6.42 Å². The van der Waals surface area contributed by atoms with Crippen LogP contribution in [0.3, 0.4) is 0 Å². The Balaban J connectivity index is 1.80. The number of anilines is 1. The molecule has 0 bridgehead atoms. The van der Waals surface area contributed by atoms with E-state index >= 15 is 0 Å². The van der Waals surface area contributed by atoms with E-state index in [0.717, 1.165) is 16.5 Å². The molecule has 0 aromatic heterocycles. The van der Waals surface area contributed by atoms with Crippen molar-refractivity contribution in [3.8, 4) is 0 Å². The predicted molar refractivity (Wildman–Crippen MR) is 91.3 cm³/mol. The summed E-state index contributed by atoms with van der Waals surface area (Å²) in [5.41, 5.74) is 2.43. The third-order valence-corrected chi connectivity index (χ3v) is 3.96. The monoisotopic (exact) mass is 360 g/mol. The highest BCUT2D eigenvalue weighted by Crippen LogP contribution is 2.15. The molecule has 5 heteroatoms. The molecule has 0 aliphatic rings. The van der Waals surface area contributed by atoms with E-state index in [1.54, 1.807) is 24.3 Å². The van der Waals surface area contributed by atoms with Crippen molar-refractivity contribution in [2.45, 2.75) is 13.3 Å². The minimum absolute atomic E-state index is 0.00411. The van der Waals surface area contributed by atoms with Crippen LogP contribution in [0.4, 0.5) is 10.5 Å². The van der Waals surface area contributed by atoms with Crippen LogP contribution in [0.25, 0.3) is 0 Å². The summed E-state index contributed by atoms with van der Waals surface area (Å²) in [5, 5.41) is 5.54. The fraction of sp³-hybridized carbons (Fsp3) is 0.176. The first kappa shape index (κ1) is 16.2. The minimum atomic E-state index is -0.261. The molecule has 0 spiro atoms. The zero-order chi connectivity index (χ0) is 15.9. The lowest BCUT2D eigenvalue weighted by Gasteiger charge is -2.09. The van der Waals surface area contributed by atoms with Gasteiger partial charge in [0.2, 0.25) is 0 Å². The molecule has 2 rings (SSSR count). The Morgan fingerprint density at radius 1 is 1.05 bits per heavy atom. The number of amides is 2. The van der Waals surface area contributed by atoms with Crippen LogP contribution >= 0.6 is 15.9 Å². The van der Waals surface area contributed by atoms with Gasteiger partial charge < -0.3 is 10.6 Å². The lowest BCUT2D eigenvalue weighted by atomic mass is 10.1. The highest BCUT2D eigenvalue weighted by Gasteiger charge is 2.04. The molecule has 0 radical (unpaired) electrons. The van der Waals surface area contributed by atoms with Crippen LogP contribution in [0.1, 0.15) is 22.8 Å². The molecular weight excluding hydrogens is 344 g/mol. The number of carbonyl (C=O) groups excluding carboxylic acids is 2. The highest BCUT2D eigenvalue weighted by molar-refractivity contribution is 9.10. The van der Waals surface area contributed by atoms with Crippen molar-refractivity contribution >= 4 is 33.4 Å². The normalized spacial score (nSPS) is 10.1. The van der Waals surface area contributed by atoms with Crippen molar-refractivity contribution in [2.24, 2.45) is 0 Å². The van der Waals surface area contributed by atoms with Gasteiger partial charge in [-0.25, -0.2) is 4.79 Å². The van der Waals surface area contributed by atoms with Crippen LogP contribution in [0.2, 0.25) is 0 Å². The van der Waals surface area contributed by atoms with E-state index in [2.05, 4.69) is 26.6 Å². The van der Waals surface area contributed by atoms with Gasteiger partial charge in [0.15, 0.2) is 5.78 Å². The predicted octanol–water partition coefficient (Wildman–Crippen LogP) is 4.02. The van der Waals surface area contributed by atoms with E-state index in [-0.39, 0.29) is 11.8 Å². The molecule has 0 aliphatic carbocycles. The molecule has 0 heterocycles. The van der Waals surface area contributed by atoms with Crippen molar-refractivity contribution in [1.82, 2.24) is 5.32 Å². The van der Waals surface area contributed by atoms with Crippen molar-refractivity contribution in [3.05, 3.63) is 64.1 Å². The Bertz CT molecular complexity index is 669. The molecule has 114 valence electrons. The smallest absolute Gasteiger partial charge is 0.319 e. The van der Waals surface area contributed by atoms with Crippen LogP contribution in [0.15, 0.2) is 53.0 Å². The number of hydrogen-bond acceptors (Lipinski definition) is 2. The molecule has 0 saturated carbocycles. The van der Waals surface area contributed by atoms with E-state index in [0.29, 0.717) is 17.8 Å². The number of hydrogen-bond donors (Lipinski definition) is 2. The first-order valence-corrected chi connectivity index (χ1v) is 7.75. The number of Topliss-reactive ketones (excluding diaryl/α,β-unsaturated/α-hetero) is 1. The average Bonchev–Trinajstić information content (AvgIpc) is 2.50. The summed E-state index contributed by atoms with van der Waals surface area (Å²) in [7, 11) is 0. The van der Waals surface area contributed by atoms with Gasteiger partial charge >= 0.3 is 6.03 Å². The number of nitrogens with one attached hydrogen (secondary N) is 2. The number of ketones is 1. The summed E-state index contributed by atoms with van der Waals surface area (Å²) in [6.45, 7) is 2.05. The van der Waals surface area contributed by atoms with Gasteiger partial charge in [0.25, 0.3) is 0 Å². The summed E-state index contributed by atoms with van der Waals surface area (Å²) >= 11 is 3.48. The first-order chi connectivity index (χ1) is 10.6. The second-order valence-electron chi connectivity index (χ2n) is 4.86. The fourth-order valence-corrected chi connectivity index (χ4v) is 2.46. The lowest BCUT2D eigenvalue weighted by Crippen LogP contribution is -2.30. The SMILES string of the molecule is CC(=O)c1ccc(NC(=O)NCCc2ccccc2Br)cc1. The number of carbonyl (C=O) groups is 2. The van der Waals surface area contributed by atoms with E-state index in [9.17, 15) is 9.59 Å². The van der Waals surface area contributed by atoms with E-state index in [1.165, 1.54) is 6.92 Å². The fourth-order valence-electron chi connectivity index (χ4n) is 1.98. The van der Waals surface area contributed by atoms with Gasteiger partial charge in [-0.2, -0.15) is 0 Å². The molecule has 0 unspecified atom stereocenters. The topological polar surface area (TPSA) is 58.2 Å². The highest BCUT2D eigenvalue weighted by atomic mass is 79.9. The standard InChI is InChI=1S/C17H17BrN2O2/c1-12(21)13-6-8-15(9-7-13)20-17(22)19-11-10-14-4-2-3-5-16(14)18/h2-9H,10-11H2,1H3,(H2,19,20,22). The molecule has 0 atom stereocenters. The van der Waals surface area contributed by atoms with Gasteiger partial charge in [0.1, 0.15) is 0 Å². The Morgan fingerprint density at radius 2 is 1.73 bits per heavy atom. The van der Waals surface area contributed by atoms with Crippen LogP contribution < -0.4 is 10.6 Å². The second kappa shape index (κ2) is 7.75. The van der Waals surface area contributed by atoms with Gasteiger partial charge in [-0.15, -0.1) is 0 Å². The summed E-state index contributed by atoms with van der Waals surface area (Å²) in [4.78, 5) is 23.0. The Labute approximate surface area is 138 Å². The molecule has 0 aliphatic heterocycles. The van der Waals surface area contributed by atoms with Gasteiger partial charge in [0, 0.05) is 22.3 Å². The number of urea groups is 1. The minimum Gasteiger partial charge on any atom is -0.338 e. The number of rotatable bonds is 5. The van der Waals surface area contributed by atoms with Gasteiger partial charge in [-0.1, -0.05) is 34.1 Å². The van der Waals surface area contributed by atoms with Crippen LogP contribution in [0, 0.1) is 0 Å². The maximum atomic E-state index is 11.8. The Kier molecular flexibility index (Phi) is 5.72. The Morgan fingerprint density at radius 3 is 2.36 bits per heavy atom. The molecule has 2 N–H and O–H groups in total. The molecule has 2 aromatic rings. The van der Waals surface area contributed by atoms with Crippen molar-refractivity contribution < 1.29 is 9.59 Å². The largest absolute Gasteiger partial charge is 0.338 e. The van der Waals surface area contributed by atoms with E-state index < -0.39 is 0 Å². The lowest BCUT2D eigenvalue weighted by molar-refractivity contribution is 0.101. The first-order valence-electron chi connectivity index (χ1n) is 6.95. The van der Waals surface area contributed by atoms with Crippen LogP contribution in [-0.4, -0.2) is 18.4 Å². The van der Waals surface area contributed by atoms with Gasteiger partial charge in [-0.3, -0.25) is 4.79 Å². The van der Waals surface area contributed by atoms with Crippen molar-refractivity contribution in [3.63, 3.8) is 0 Å². The van der Waals surface area contributed by atoms with E-state index in [1.807, 2.05) is 24.3 Å². The molecule has 0 saturated heterocycles. The summed E-state index contributed by atoms with van der Waals surface area (Å²) in [6, 6.07) is 14.5. The summed E-state index contributed by atoms with van der Waals surface area (Å²) < 4.78 is 1.04. The van der Waals surface area contributed by atoms with Gasteiger partial charge in [-0.05, 0) is 49.2 Å². The Hall–Kier alpha value is -2.14. The average molecular weight is 361 g/mol. The van der Waals surface area contributed by atoms with Crippen molar-refractivity contribution in [1.29, 1.82) is 0 Å². The molecule has 0 fully saturated rings. The quantitative estimate of drug-likeness (QED) is 0.791. The van der Waals surface area contributed by atoms with Gasteiger partial charge in [0.05, 0.1) is 0 Å². The molecule has 2 amide bonds. The molecule has 22 heavy (non-hydrogen) atoms. The summed E-state index contributed by atoms with van der Waals surface area (Å²) in [6.07, 6.45) is 0.748. The molecular formula is C17H17BrN2O2. The van der Waals surface area contributed by atoms with Crippen molar-refractivity contribution in [2.75, 3.05) is 11.9 Å².